The second kappa shape index (κ2) is 11.0. The Balaban J connectivity index is 1.95. The van der Waals surface area contributed by atoms with E-state index in [9.17, 15) is 14.0 Å². The molecule has 7 heteroatoms. The summed E-state index contributed by atoms with van der Waals surface area (Å²) in [5, 5.41) is 2.49. The topological polar surface area (TPSA) is 73.9 Å². The van der Waals surface area contributed by atoms with Crippen LogP contribution in [0, 0.1) is 12.7 Å². The standard InChI is InChI=1S/C22H26FNO5/c1-4-6-11-28-19-10-8-16(12-20(19)27-5-2)22(26)29-14-21(25)24-17-9-7-15(3)18(23)13-17/h7-10,12-13H,4-6,11,14H2,1-3H3,(H,24,25). The van der Waals surface area contributed by atoms with Gasteiger partial charge in [0.15, 0.2) is 18.1 Å². The number of aryl methyl sites for hydroxylation is 1. The largest absolute Gasteiger partial charge is 0.490 e. The average molecular weight is 403 g/mol. The molecule has 29 heavy (non-hydrogen) atoms. The normalized spacial score (nSPS) is 10.3. The molecule has 0 saturated heterocycles. The molecule has 2 rings (SSSR count). The molecule has 1 amide bonds. The highest BCUT2D eigenvalue weighted by molar-refractivity contribution is 5.95. The number of esters is 1. The van der Waals surface area contributed by atoms with Crippen LogP contribution in [0.5, 0.6) is 11.5 Å². The minimum absolute atomic E-state index is 0.241. The van der Waals surface area contributed by atoms with Crippen LogP contribution in [-0.2, 0) is 9.53 Å². The van der Waals surface area contributed by atoms with Crippen molar-refractivity contribution < 1.29 is 28.2 Å². The molecule has 0 atom stereocenters. The molecule has 0 unspecified atom stereocenters. The summed E-state index contributed by atoms with van der Waals surface area (Å²) < 4.78 is 29.8. The molecule has 156 valence electrons. The van der Waals surface area contributed by atoms with Crippen LogP contribution in [0.3, 0.4) is 0 Å². The molecule has 0 aromatic heterocycles. The van der Waals surface area contributed by atoms with Crippen molar-refractivity contribution in [1.29, 1.82) is 0 Å². The number of benzene rings is 2. The molecule has 0 fully saturated rings. The Morgan fingerprint density at radius 1 is 1.03 bits per heavy atom. The molecule has 0 aliphatic carbocycles. The van der Waals surface area contributed by atoms with Crippen LogP contribution >= 0.6 is 0 Å². The number of halogens is 1. The first-order valence-corrected chi connectivity index (χ1v) is 9.57. The first-order valence-electron chi connectivity index (χ1n) is 9.57. The van der Waals surface area contributed by atoms with Crippen molar-refractivity contribution in [3.63, 3.8) is 0 Å². The molecule has 0 aliphatic heterocycles. The first kappa shape index (κ1) is 22.2. The van der Waals surface area contributed by atoms with Crippen molar-refractivity contribution in [2.24, 2.45) is 0 Å². The number of nitrogens with one attached hydrogen (secondary N) is 1. The molecule has 0 aliphatic rings. The van der Waals surface area contributed by atoms with Crippen molar-refractivity contribution in [2.75, 3.05) is 25.1 Å². The van der Waals surface area contributed by atoms with Crippen LogP contribution in [0.2, 0.25) is 0 Å². The SMILES string of the molecule is CCCCOc1ccc(C(=O)OCC(=O)Nc2ccc(C)c(F)c2)cc1OCC. The third-order valence-corrected chi connectivity index (χ3v) is 4.02. The van der Waals surface area contributed by atoms with Gasteiger partial charge in [-0.25, -0.2) is 9.18 Å². The third-order valence-electron chi connectivity index (χ3n) is 4.02. The molecule has 1 N–H and O–H groups in total. The molecule has 0 spiro atoms. The number of carbonyl (C=O) groups excluding carboxylic acids is 2. The van der Waals surface area contributed by atoms with Gasteiger partial charge in [-0.1, -0.05) is 19.4 Å². The van der Waals surface area contributed by atoms with Crippen LogP contribution in [0.25, 0.3) is 0 Å². The summed E-state index contributed by atoms with van der Waals surface area (Å²) in [6.45, 7) is 6.00. The van der Waals surface area contributed by atoms with Gasteiger partial charge in [-0.15, -0.1) is 0 Å². The molecular weight excluding hydrogens is 377 g/mol. The quantitative estimate of drug-likeness (QED) is 0.467. The third kappa shape index (κ3) is 6.78. The minimum atomic E-state index is -0.670. The molecule has 6 nitrogen and oxygen atoms in total. The fourth-order valence-corrected chi connectivity index (χ4v) is 2.43. The fourth-order valence-electron chi connectivity index (χ4n) is 2.43. The average Bonchev–Trinajstić information content (AvgIpc) is 2.70. The van der Waals surface area contributed by atoms with E-state index < -0.39 is 24.3 Å². The Kier molecular flexibility index (Phi) is 8.45. The van der Waals surface area contributed by atoms with E-state index in [1.807, 2.05) is 6.92 Å². The van der Waals surface area contributed by atoms with E-state index >= 15 is 0 Å². The van der Waals surface area contributed by atoms with Crippen LogP contribution in [-0.4, -0.2) is 31.7 Å². The van der Waals surface area contributed by atoms with Gasteiger partial charge >= 0.3 is 5.97 Å². The minimum Gasteiger partial charge on any atom is -0.490 e. The number of amides is 1. The van der Waals surface area contributed by atoms with Gasteiger partial charge < -0.3 is 19.5 Å². The van der Waals surface area contributed by atoms with E-state index in [0.717, 1.165) is 12.8 Å². The number of hydrogen-bond acceptors (Lipinski definition) is 5. The van der Waals surface area contributed by atoms with Crippen LogP contribution in [0.4, 0.5) is 10.1 Å². The zero-order valence-corrected chi connectivity index (χ0v) is 16.9. The number of hydrogen-bond donors (Lipinski definition) is 1. The summed E-state index contributed by atoms with van der Waals surface area (Å²) in [5.41, 5.74) is 1.01. The lowest BCUT2D eigenvalue weighted by Crippen LogP contribution is -2.21. The lowest BCUT2D eigenvalue weighted by molar-refractivity contribution is -0.119. The van der Waals surface area contributed by atoms with Crippen molar-refractivity contribution in [3.05, 3.63) is 53.3 Å². The first-order chi connectivity index (χ1) is 13.9. The van der Waals surface area contributed by atoms with Gasteiger partial charge in [0.2, 0.25) is 0 Å². The van der Waals surface area contributed by atoms with E-state index in [-0.39, 0.29) is 5.56 Å². The zero-order chi connectivity index (χ0) is 21.2. The molecule has 0 radical (unpaired) electrons. The highest BCUT2D eigenvalue weighted by atomic mass is 19.1. The summed E-state index contributed by atoms with van der Waals surface area (Å²) in [4.78, 5) is 24.2. The van der Waals surface area contributed by atoms with Crippen molar-refractivity contribution >= 4 is 17.6 Å². The number of unbranched alkanes of at least 4 members (excludes halogenated alkanes) is 1. The summed E-state index contributed by atoms with van der Waals surface area (Å²) in [7, 11) is 0. The van der Waals surface area contributed by atoms with E-state index in [2.05, 4.69) is 12.2 Å². The molecule has 0 bridgehead atoms. The zero-order valence-electron chi connectivity index (χ0n) is 16.9. The number of anilines is 1. The van der Waals surface area contributed by atoms with Gasteiger partial charge in [0.1, 0.15) is 5.82 Å². The summed E-state index contributed by atoms with van der Waals surface area (Å²) in [6.07, 6.45) is 1.92. The monoisotopic (exact) mass is 403 g/mol. The van der Waals surface area contributed by atoms with E-state index in [1.54, 1.807) is 31.2 Å². The molecule has 2 aromatic carbocycles. The van der Waals surface area contributed by atoms with Gasteiger partial charge in [-0.05, 0) is 56.2 Å². The highest BCUT2D eigenvalue weighted by Crippen LogP contribution is 2.29. The smallest absolute Gasteiger partial charge is 0.338 e. The molecule has 2 aromatic rings. The van der Waals surface area contributed by atoms with Crippen molar-refractivity contribution in [2.45, 2.75) is 33.6 Å². The van der Waals surface area contributed by atoms with Gasteiger partial charge in [-0.3, -0.25) is 4.79 Å². The molecular formula is C22H26FNO5. The lowest BCUT2D eigenvalue weighted by atomic mass is 10.2. The number of rotatable bonds is 10. The maximum atomic E-state index is 13.5. The maximum absolute atomic E-state index is 13.5. The second-order valence-electron chi connectivity index (χ2n) is 6.38. The Hall–Kier alpha value is -3.09. The van der Waals surface area contributed by atoms with Gasteiger partial charge in [0.05, 0.1) is 18.8 Å². The number of ether oxygens (including phenoxy) is 3. The van der Waals surface area contributed by atoms with Gasteiger partial charge in [0, 0.05) is 5.69 Å². The predicted molar refractivity (Wildman–Crippen MR) is 108 cm³/mol. The van der Waals surface area contributed by atoms with Crippen LogP contribution in [0.15, 0.2) is 36.4 Å². The lowest BCUT2D eigenvalue weighted by Gasteiger charge is -2.13. The summed E-state index contributed by atoms with van der Waals surface area (Å²) >= 11 is 0. The van der Waals surface area contributed by atoms with E-state index in [1.165, 1.54) is 12.1 Å². The summed E-state index contributed by atoms with van der Waals surface area (Å²) in [6, 6.07) is 9.06. The van der Waals surface area contributed by atoms with Crippen molar-refractivity contribution in [1.82, 2.24) is 0 Å². The fraction of sp³-hybridized carbons (Fsp3) is 0.364. The predicted octanol–water partition coefficient (Wildman–Crippen LogP) is 4.51. The maximum Gasteiger partial charge on any atom is 0.338 e. The van der Waals surface area contributed by atoms with Gasteiger partial charge in [0.25, 0.3) is 5.91 Å². The Bertz CT molecular complexity index is 853. The van der Waals surface area contributed by atoms with E-state index in [4.69, 9.17) is 14.2 Å². The Morgan fingerprint density at radius 2 is 1.83 bits per heavy atom. The highest BCUT2D eigenvalue weighted by Gasteiger charge is 2.15. The van der Waals surface area contributed by atoms with E-state index in [0.29, 0.717) is 36.0 Å². The summed E-state index contributed by atoms with van der Waals surface area (Å²) in [5.74, 6) is -0.666. The molecule has 0 saturated carbocycles. The second-order valence-corrected chi connectivity index (χ2v) is 6.38. The molecule has 0 heterocycles. The van der Waals surface area contributed by atoms with Gasteiger partial charge in [-0.2, -0.15) is 0 Å². The Labute approximate surface area is 170 Å². The Morgan fingerprint density at radius 3 is 2.52 bits per heavy atom. The van der Waals surface area contributed by atoms with Crippen LogP contribution in [0.1, 0.15) is 42.6 Å². The number of carbonyl (C=O) groups is 2. The van der Waals surface area contributed by atoms with Crippen molar-refractivity contribution in [3.8, 4) is 11.5 Å². The van der Waals surface area contributed by atoms with Crippen LogP contribution < -0.4 is 14.8 Å².